The SMILES string of the molecule is CC1CCC(F)C2CC(C(=O)N[C@@H]3CCC[C@H](N4CCC(N(C)S(C)(=O)=O)C4)C3)NC12C1CCCCCC1. The first-order chi connectivity index (χ1) is 18.1. The lowest BCUT2D eigenvalue weighted by Crippen LogP contribution is -2.62. The van der Waals surface area contributed by atoms with E-state index < -0.39 is 16.2 Å². The minimum absolute atomic E-state index is 0.0295. The summed E-state index contributed by atoms with van der Waals surface area (Å²) in [7, 11) is -1.51. The predicted octanol–water partition coefficient (Wildman–Crippen LogP) is 3.83. The van der Waals surface area contributed by atoms with E-state index in [-0.39, 0.29) is 35.5 Å². The highest BCUT2D eigenvalue weighted by atomic mass is 32.2. The third-order valence-electron chi connectivity index (χ3n) is 11.2. The Morgan fingerprint density at radius 2 is 1.74 bits per heavy atom. The molecule has 2 heterocycles. The van der Waals surface area contributed by atoms with Gasteiger partial charge in [-0.2, -0.15) is 0 Å². The molecule has 2 saturated heterocycles. The maximum atomic E-state index is 15.5. The number of hydrogen-bond donors (Lipinski definition) is 2. The van der Waals surface area contributed by atoms with E-state index in [1.807, 2.05) is 0 Å². The van der Waals surface area contributed by atoms with Crippen LogP contribution in [0, 0.1) is 17.8 Å². The first kappa shape index (κ1) is 28.7. The zero-order valence-corrected chi connectivity index (χ0v) is 24.7. The second-order valence-electron chi connectivity index (χ2n) is 13.4. The molecule has 2 aliphatic heterocycles. The number of halogens is 1. The number of hydrogen-bond acceptors (Lipinski definition) is 5. The lowest BCUT2D eigenvalue weighted by atomic mass is 9.59. The maximum absolute atomic E-state index is 15.5. The van der Waals surface area contributed by atoms with Gasteiger partial charge in [0.05, 0.1) is 12.3 Å². The number of alkyl halides is 1. The molecule has 0 aromatic rings. The molecule has 9 heteroatoms. The average molecular weight is 555 g/mol. The van der Waals surface area contributed by atoms with E-state index in [2.05, 4.69) is 22.5 Å². The van der Waals surface area contributed by atoms with Gasteiger partial charge in [-0.05, 0) is 76.0 Å². The van der Waals surface area contributed by atoms with Crippen molar-refractivity contribution in [1.29, 1.82) is 0 Å². The van der Waals surface area contributed by atoms with Crippen LogP contribution in [-0.4, -0.2) is 85.8 Å². The second-order valence-corrected chi connectivity index (χ2v) is 15.4. The van der Waals surface area contributed by atoms with Gasteiger partial charge >= 0.3 is 0 Å². The van der Waals surface area contributed by atoms with Crippen LogP contribution in [0.2, 0.25) is 0 Å². The van der Waals surface area contributed by atoms with Gasteiger partial charge in [0.25, 0.3) is 0 Å². The molecule has 8 atom stereocenters. The van der Waals surface area contributed by atoms with Gasteiger partial charge in [-0.15, -0.1) is 0 Å². The predicted molar refractivity (Wildman–Crippen MR) is 149 cm³/mol. The Bertz CT molecular complexity index is 942. The van der Waals surface area contributed by atoms with Crippen LogP contribution in [0.4, 0.5) is 4.39 Å². The van der Waals surface area contributed by atoms with Gasteiger partial charge in [-0.1, -0.05) is 32.6 Å². The first-order valence-electron chi connectivity index (χ1n) is 15.5. The van der Waals surface area contributed by atoms with Crippen molar-refractivity contribution in [3.63, 3.8) is 0 Å². The summed E-state index contributed by atoms with van der Waals surface area (Å²) in [6.07, 6.45) is 14.9. The molecule has 0 bridgehead atoms. The van der Waals surface area contributed by atoms with Crippen molar-refractivity contribution in [1.82, 2.24) is 19.8 Å². The van der Waals surface area contributed by atoms with E-state index in [1.54, 1.807) is 7.05 Å². The van der Waals surface area contributed by atoms with Crippen molar-refractivity contribution in [3.05, 3.63) is 0 Å². The summed E-state index contributed by atoms with van der Waals surface area (Å²) >= 11 is 0. The Morgan fingerprint density at radius 3 is 2.45 bits per heavy atom. The van der Waals surface area contributed by atoms with Crippen molar-refractivity contribution < 1.29 is 17.6 Å². The lowest BCUT2D eigenvalue weighted by Gasteiger charge is -2.51. The average Bonchev–Trinajstić information content (AvgIpc) is 3.45. The Labute approximate surface area is 230 Å². The van der Waals surface area contributed by atoms with Gasteiger partial charge in [-0.25, -0.2) is 17.1 Å². The molecule has 0 aromatic heterocycles. The molecular formula is C29H51FN4O3S. The van der Waals surface area contributed by atoms with Crippen LogP contribution in [0.15, 0.2) is 0 Å². The molecule has 0 spiro atoms. The summed E-state index contributed by atoms with van der Waals surface area (Å²) in [5.41, 5.74) is -0.241. The Kier molecular flexibility index (Phi) is 8.78. The zero-order chi connectivity index (χ0) is 27.1. The number of amides is 1. The molecule has 38 heavy (non-hydrogen) atoms. The maximum Gasteiger partial charge on any atom is 0.237 e. The van der Waals surface area contributed by atoms with Crippen LogP contribution in [0.5, 0.6) is 0 Å². The number of nitrogens with zero attached hydrogens (tertiary/aromatic N) is 2. The van der Waals surface area contributed by atoms with Gasteiger partial charge in [0.15, 0.2) is 0 Å². The van der Waals surface area contributed by atoms with Crippen LogP contribution in [0.3, 0.4) is 0 Å². The molecule has 5 aliphatic rings. The van der Waals surface area contributed by atoms with Gasteiger partial charge in [0, 0.05) is 49.7 Å². The molecule has 3 aliphatic carbocycles. The summed E-state index contributed by atoms with van der Waals surface area (Å²) in [6, 6.07) is 0.229. The summed E-state index contributed by atoms with van der Waals surface area (Å²) in [5.74, 6) is 0.868. The van der Waals surface area contributed by atoms with Crippen molar-refractivity contribution in [2.75, 3.05) is 26.4 Å². The number of rotatable bonds is 6. The van der Waals surface area contributed by atoms with E-state index in [0.29, 0.717) is 30.7 Å². The number of sulfonamides is 1. The van der Waals surface area contributed by atoms with Crippen molar-refractivity contribution in [2.45, 2.75) is 133 Å². The molecule has 2 N–H and O–H groups in total. The highest BCUT2D eigenvalue weighted by Crippen LogP contribution is 2.53. The molecule has 1 amide bonds. The summed E-state index contributed by atoms with van der Waals surface area (Å²) in [6.45, 7) is 3.97. The van der Waals surface area contributed by atoms with Gasteiger partial charge in [0.1, 0.15) is 6.17 Å². The molecule has 0 radical (unpaired) electrons. The Morgan fingerprint density at radius 1 is 1.00 bits per heavy atom. The van der Waals surface area contributed by atoms with Crippen molar-refractivity contribution in [3.8, 4) is 0 Å². The second kappa shape index (κ2) is 11.6. The third kappa shape index (κ3) is 5.68. The largest absolute Gasteiger partial charge is 0.352 e. The van der Waals surface area contributed by atoms with E-state index in [0.717, 1.165) is 64.5 Å². The Hall–Kier alpha value is -0.770. The zero-order valence-electron chi connectivity index (χ0n) is 23.8. The topological polar surface area (TPSA) is 81.8 Å². The quantitative estimate of drug-likeness (QED) is 0.488. The van der Waals surface area contributed by atoms with E-state index in [4.69, 9.17) is 0 Å². The molecule has 5 rings (SSSR count). The monoisotopic (exact) mass is 554 g/mol. The highest BCUT2D eigenvalue weighted by Gasteiger charge is 2.60. The fraction of sp³-hybridized carbons (Fsp3) is 0.966. The van der Waals surface area contributed by atoms with Crippen LogP contribution in [0.25, 0.3) is 0 Å². The van der Waals surface area contributed by atoms with Gasteiger partial charge in [0.2, 0.25) is 15.9 Å². The number of nitrogens with one attached hydrogen (secondary N) is 2. The number of likely N-dealkylation sites (tertiary alicyclic amines) is 1. The lowest BCUT2D eigenvalue weighted by molar-refractivity contribution is -0.124. The minimum atomic E-state index is -3.19. The summed E-state index contributed by atoms with van der Waals surface area (Å²) in [5, 5.41) is 7.23. The molecule has 218 valence electrons. The number of carbonyl (C=O) groups excluding carboxylic acids is 1. The van der Waals surface area contributed by atoms with E-state index >= 15 is 4.39 Å². The van der Waals surface area contributed by atoms with Crippen LogP contribution < -0.4 is 10.6 Å². The first-order valence-corrected chi connectivity index (χ1v) is 17.3. The Balaban J connectivity index is 1.22. The number of fused-ring (bicyclic) bond motifs is 1. The van der Waals surface area contributed by atoms with Crippen molar-refractivity contribution >= 4 is 15.9 Å². The standard InChI is InChI=1S/C29H51FN4O3S/c1-20-13-14-26(30)25-18-27(32-29(20,25)21-9-6-4-5-7-10-21)28(35)31-22-11-8-12-23(17-22)34-16-15-24(19-34)33(2)38(3,36)37/h20-27,32H,4-19H2,1-3H3,(H,31,35)/t20?,22-,23+,24?,25?,26?,27?,29?/m1/s1. The molecule has 0 aromatic carbocycles. The smallest absolute Gasteiger partial charge is 0.237 e. The molecule has 6 unspecified atom stereocenters. The van der Waals surface area contributed by atoms with Gasteiger partial charge < -0.3 is 5.32 Å². The fourth-order valence-corrected chi connectivity index (χ4v) is 9.78. The van der Waals surface area contributed by atoms with Crippen LogP contribution in [-0.2, 0) is 14.8 Å². The minimum Gasteiger partial charge on any atom is -0.352 e. The third-order valence-corrected chi connectivity index (χ3v) is 12.6. The number of likely N-dealkylation sites (N-methyl/N-ethyl adjacent to an activating group) is 1. The normalized spacial score (nSPS) is 41.7. The summed E-state index contributed by atoms with van der Waals surface area (Å²) < 4.78 is 41.0. The van der Waals surface area contributed by atoms with Crippen LogP contribution >= 0.6 is 0 Å². The van der Waals surface area contributed by atoms with E-state index in [9.17, 15) is 13.2 Å². The molecular weight excluding hydrogens is 503 g/mol. The van der Waals surface area contributed by atoms with E-state index in [1.165, 1.54) is 36.2 Å². The number of carbonyl (C=O) groups is 1. The summed E-state index contributed by atoms with van der Waals surface area (Å²) in [4.78, 5) is 16.1. The van der Waals surface area contributed by atoms with Crippen LogP contribution in [0.1, 0.15) is 96.8 Å². The molecule has 5 fully saturated rings. The van der Waals surface area contributed by atoms with Gasteiger partial charge in [-0.3, -0.25) is 15.0 Å². The van der Waals surface area contributed by atoms with Crippen molar-refractivity contribution in [2.24, 2.45) is 17.8 Å². The molecule has 7 nitrogen and oxygen atoms in total. The highest BCUT2D eigenvalue weighted by molar-refractivity contribution is 7.88. The fourth-order valence-electron chi connectivity index (χ4n) is 9.07. The molecule has 3 saturated carbocycles.